The average molecular weight is 142 g/mol. The van der Waals surface area contributed by atoms with Crippen molar-refractivity contribution in [1.29, 1.82) is 5.26 Å². The van der Waals surface area contributed by atoms with Crippen LogP contribution in [0.4, 0.5) is 0 Å². The summed E-state index contributed by atoms with van der Waals surface area (Å²) in [5.41, 5.74) is 0.895. The Balaban J connectivity index is 3.40. The van der Waals surface area contributed by atoms with Gasteiger partial charge in [0.05, 0.1) is 6.07 Å². The van der Waals surface area contributed by atoms with Gasteiger partial charge in [-0.25, -0.2) is 0 Å². The number of hydrogen-bond donors (Lipinski definition) is 2. The molecule has 0 aliphatic rings. The summed E-state index contributed by atoms with van der Waals surface area (Å²) in [6.07, 6.45) is 1.48. The van der Waals surface area contributed by atoms with Crippen LogP contribution < -0.4 is 5.32 Å². The number of hydrogen-bond acceptors (Lipinski definition) is 3. The van der Waals surface area contributed by atoms with Crippen molar-refractivity contribution < 1.29 is 0 Å². The van der Waals surface area contributed by atoms with Crippen LogP contribution in [0.25, 0.3) is 0 Å². The topological polar surface area (TPSA) is 35.8 Å². The SMILES string of the molecule is C/C(=C\C#N)NCCS. The minimum Gasteiger partial charge on any atom is -0.387 e. The number of allylic oxidation sites excluding steroid dienone is 2. The fourth-order valence-electron chi connectivity index (χ4n) is 0.401. The van der Waals surface area contributed by atoms with Gasteiger partial charge in [0.15, 0.2) is 0 Å². The first-order chi connectivity index (χ1) is 4.31. The third-order valence-corrected chi connectivity index (χ3v) is 1.02. The molecule has 1 N–H and O–H groups in total. The van der Waals surface area contributed by atoms with Gasteiger partial charge in [0, 0.05) is 24.1 Å². The van der Waals surface area contributed by atoms with E-state index in [2.05, 4.69) is 17.9 Å². The van der Waals surface area contributed by atoms with Crippen LogP contribution in [0.2, 0.25) is 0 Å². The number of nitriles is 1. The molecule has 0 unspecified atom stereocenters. The van der Waals surface area contributed by atoms with Crippen LogP contribution in [0.15, 0.2) is 11.8 Å². The predicted molar refractivity (Wildman–Crippen MR) is 41.2 cm³/mol. The second-order valence-corrected chi connectivity index (χ2v) is 2.05. The van der Waals surface area contributed by atoms with E-state index in [0.717, 1.165) is 18.0 Å². The monoisotopic (exact) mass is 142 g/mol. The molecule has 50 valence electrons. The van der Waals surface area contributed by atoms with E-state index in [1.165, 1.54) is 6.08 Å². The van der Waals surface area contributed by atoms with Crippen molar-refractivity contribution in [2.75, 3.05) is 12.3 Å². The van der Waals surface area contributed by atoms with Crippen molar-refractivity contribution in [3.05, 3.63) is 11.8 Å². The van der Waals surface area contributed by atoms with Gasteiger partial charge in [0.25, 0.3) is 0 Å². The third kappa shape index (κ3) is 5.25. The summed E-state index contributed by atoms with van der Waals surface area (Å²) < 4.78 is 0. The van der Waals surface area contributed by atoms with Crippen molar-refractivity contribution in [2.45, 2.75) is 6.92 Å². The van der Waals surface area contributed by atoms with Gasteiger partial charge in [-0.2, -0.15) is 17.9 Å². The van der Waals surface area contributed by atoms with E-state index in [4.69, 9.17) is 5.26 Å². The standard InChI is InChI=1S/C6H10N2S/c1-6(2-3-7)8-4-5-9/h2,8-9H,4-5H2,1H3/b6-2+. The normalized spacial score (nSPS) is 10.6. The molecule has 9 heavy (non-hydrogen) atoms. The lowest BCUT2D eigenvalue weighted by Gasteiger charge is -1.99. The van der Waals surface area contributed by atoms with Crippen molar-refractivity contribution in [3.63, 3.8) is 0 Å². The van der Waals surface area contributed by atoms with Gasteiger partial charge in [-0.15, -0.1) is 0 Å². The first-order valence-electron chi connectivity index (χ1n) is 2.72. The molecule has 0 fully saturated rings. The molecule has 0 aromatic carbocycles. The quantitative estimate of drug-likeness (QED) is 0.454. The fourth-order valence-corrected chi connectivity index (χ4v) is 0.513. The highest BCUT2D eigenvalue weighted by molar-refractivity contribution is 7.80. The van der Waals surface area contributed by atoms with Crippen LogP contribution in [0, 0.1) is 11.3 Å². The van der Waals surface area contributed by atoms with Gasteiger partial charge in [-0.1, -0.05) is 0 Å². The Hall–Kier alpha value is -0.620. The summed E-state index contributed by atoms with van der Waals surface area (Å²) in [5, 5.41) is 11.1. The van der Waals surface area contributed by atoms with E-state index in [1.807, 2.05) is 13.0 Å². The molecule has 0 aliphatic heterocycles. The molecule has 0 saturated heterocycles. The van der Waals surface area contributed by atoms with E-state index in [1.54, 1.807) is 0 Å². The molecule has 0 aliphatic carbocycles. The van der Waals surface area contributed by atoms with Gasteiger partial charge >= 0.3 is 0 Å². The Morgan fingerprint density at radius 2 is 2.56 bits per heavy atom. The molecular formula is C6H10N2S. The molecular weight excluding hydrogens is 132 g/mol. The first-order valence-corrected chi connectivity index (χ1v) is 3.35. The maximum Gasteiger partial charge on any atom is 0.0930 e. The zero-order chi connectivity index (χ0) is 7.11. The summed E-state index contributed by atoms with van der Waals surface area (Å²) in [7, 11) is 0. The summed E-state index contributed by atoms with van der Waals surface area (Å²) in [4.78, 5) is 0. The van der Waals surface area contributed by atoms with Gasteiger partial charge < -0.3 is 5.32 Å². The Bertz CT molecular complexity index is 134. The van der Waals surface area contributed by atoms with E-state index >= 15 is 0 Å². The van der Waals surface area contributed by atoms with Crippen molar-refractivity contribution in [2.24, 2.45) is 0 Å². The second-order valence-electron chi connectivity index (χ2n) is 1.61. The Labute approximate surface area is 61.0 Å². The Morgan fingerprint density at radius 3 is 3.00 bits per heavy atom. The summed E-state index contributed by atoms with van der Waals surface area (Å²) in [6.45, 7) is 2.67. The first kappa shape index (κ1) is 8.38. The molecule has 0 amide bonds. The maximum absolute atomic E-state index is 8.15. The number of rotatable bonds is 3. The fraction of sp³-hybridized carbons (Fsp3) is 0.500. The molecule has 0 rings (SSSR count). The zero-order valence-electron chi connectivity index (χ0n) is 5.39. The van der Waals surface area contributed by atoms with Gasteiger partial charge in [-0.3, -0.25) is 0 Å². The molecule has 0 saturated carbocycles. The average Bonchev–Trinajstić information content (AvgIpc) is 1.85. The Kier molecular flexibility index (Phi) is 5.14. The highest BCUT2D eigenvalue weighted by Gasteiger charge is 1.82. The van der Waals surface area contributed by atoms with Crippen molar-refractivity contribution >= 4 is 12.6 Å². The van der Waals surface area contributed by atoms with Crippen molar-refractivity contribution in [1.82, 2.24) is 5.32 Å². The third-order valence-electron chi connectivity index (χ3n) is 0.797. The smallest absolute Gasteiger partial charge is 0.0930 e. The molecule has 0 spiro atoms. The van der Waals surface area contributed by atoms with E-state index in [9.17, 15) is 0 Å². The molecule has 0 radical (unpaired) electrons. The summed E-state index contributed by atoms with van der Waals surface area (Å²) in [5.74, 6) is 0.788. The van der Waals surface area contributed by atoms with Crippen LogP contribution in [-0.4, -0.2) is 12.3 Å². The minimum atomic E-state index is 0.788. The summed E-state index contributed by atoms with van der Waals surface area (Å²) >= 11 is 3.99. The van der Waals surface area contributed by atoms with Gasteiger partial charge in [-0.05, 0) is 6.92 Å². The van der Waals surface area contributed by atoms with Crippen LogP contribution in [0.5, 0.6) is 0 Å². The molecule has 0 heterocycles. The maximum atomic E-state index is 8.15. The van der Waals surface area contributed by atoms with E-state index < -0.39 is 0 Å². The Morgan fingerprint density at radius 1 is 1.89 bits per heavy atom. The number of nitrogens with zero attached hydrogens (tertiary/aromatic N) is 1. The molecule has 0 bridgehead atoms. The molecule has 2 nitrogen and oxygen atoms in total. The van der Waals surface area contributed by atoms with Crippen LogP contribution >= 0.6 is 12.6 Å². The van der Waals surface area contributed by atoms with E-state index in [-0.39, 0.29) is 0 Å². The highest BCUT2D eigenvalue weighted by atomic mass is 32.1. The lowest BCUT2D eigenvalue weighted by atomic mass is 10.4. The number of nitrogens with one attached hydrogen (secondary N) is 1. The molecule has 0 atom stereocenters. The second kappa shape index (κ2) is 5.52. The molecule has 0 aromatic heterocycles. The van der Waals surface area contributed by atoms with Gasteiger partial charge in [0.1, 0.15) is 0 Å². The highest BCUT2D eigenvalue weighted by Crippen LogP contribution is 1.83. The van der Waals surface area contributed by atoms with Crippen LogP contribution in [-0.2, 0) is 0 Å². The predicted octanol–water partition coefficient (Wildman–Crippen LogP) is 0.933. The van der Waals surface area contributed by atoms with Crippen LogP contribution in [0.1, 0.15) is 6.92 Å². The van der Waals surface area contributed by atoms with Crippen LogP contribution in [0.3, 0.4) is 0 Å². The molecule has 3 heteroatoms. The largest absolute Gasteiger partial charge is 0.387 e. The van der Waals surface area contributed by atoms with Crippen molar-refractivity contribution in [3.8, 4) is 6.07 Å². The lowest BCUT2D eigenvalue weighted by Crippen LogP contribution is -2.13. The lowest BCUT2D eigenvalue weighted by molar-refractivity contribution is 0.864. The van der Waals surface area contributed by atoms with Gasteiger partial charge in [0.2, 0.25) is 0 Å². The summed E-state index contributed by atoms with van der Waals surface area (Å²) in [6, 6.07) is 1.93. The zero-order valence-corrected chi connectivity index (χ0v) is 6.28. The minimum absolute atomic E-state index is 0.788. The van der Waals surface area contributed by atoms with E-state index in [0.29, 0.717) is 0 Å². The molecule has 0 aromatic rings. The number of thiol groups is 1.